The smallest absolute Gasteiger partial charge is 0.137 e. The zero-order valence-corrected chi connectivity index (χ0v) is 16.1. The number of hydrogen-bond donors (Lipinski definition) is 1. The molecule has 2 aromatic heterocycles. The van der Waals surface area contributed by atoms with Crippen LogP contribution in [-0.4, -0.2) is 21.6 Å². The van der Waals surface area contributed by atoms with Crippen molar-refractivity contribution in [3.8, 4) is 16.9 Å². The molecule has 0 saturated carbocycles. The van der Waals surface area contributed by atoms with Crippen LogP contribution in [0.2, 0.25) is 0 Å². The molecule has 5 rings (SSSR count). The van der Waals surface area contributed by atoms with Crippen LogP contribution < -0.4 is 5.32 Å². The Morgan fingerprint density at radius 1 is 0.862 bits per heavy atom. The summed E-state index contributed by atoms with van der Waals surface area (Å²) in [6.07, 6.45) is 3.38. The fourth-order valence-corrected chi connectivity index (χ4v) is 4.01. The Hall–Kier alpha value is -3.92. The fraction of sp³-hybridized carbons (Fsp3) is 0.0400. The SMILES string of the molecule is C=Cc1c(NC)ncnc1-c1cccc(-n2c3ccccc3c3ccccc32)c1. The largest absolute Gasteiger partial charge is 0.373 e. The predicted octanol–water partition coefficient (Wildman–Crippen LogP) is 5.93. The summed E-state index contributed by atoms with van der Waals surface area (Å²) < 4.78 is 2.31. The second-order valence-electron chi connectivity index (χ2n) is 6.86. The van der Waals surface area contributed by atoms with Crippen LogP contribution in [-0.2, 0) is 0 Å². The summed E-state index contributed by atoms with van der Waals surface area (Å²) in [5.74, 6) is 0.771. The monoisotopic (exact) mass is 376 g/mol. The van der Waals surface area contributed by atoms with Crippen LogP contribution in [0.5, 0.6) is 0 Å². The highest BCUT2D eigenvalue weighted by Crippen LogP contribution is 2.34. The molecule has 140 valence electrons. The van der Waals surface area contributed by atoms with Crippen LogP contribution in [0, 0.1) is 0 Å². The first kappa shape index (κ1) is 17.2. The Morgan fingerprint density at radius 3 is 2.21 bits per heavy atom. The maximum Gasteiger partial charge on any atom is 0.137 e. The quantitative estimate of drug-likeness (QED) is 0.423. The summed E-state index contributed by atoms with van der Waals surface area (Å²) in [5.41, 5.74) is 6.26. The van der Waals surface area contributed by atoms with Gasteiger partial charge in [0.15, 0.2) is 0 Å². The number of rotatable bonds is 4. The molecule has 0 aliphatic heterocycles. The van der Waals surface area contributed by atoms with Crippen LogP contribution in [0.25, 0.3) is 44.8 Å². The van der Waals surface area contributed by atoms with Crippen LogP contribution in [0.3, 0.4) is 0 Å². The molecule has 0 bridgehead atoms. The van der Waals surface area contributed by atoms with E-state index in [-0.39, 0.29) is 0 Å². The molecule has 2 heterocycles. The number of fused-ring (bicyclic) bond motifs is 3. The lowest BCUT2D eigenvalue weighted by molar-refractivity contribution is 1.15. The normalized spacial score (nSPS) is 11.1. The fourth-order valence-electron chi connectivity index (χ4n) is 4.01. The third-order valence-electron chi connectivity index (χ3n) is 5.28. The first-order chi connectivity index (χ1) is 14.3. The third kappa shape index (κ3) is 2.69. The molecule has 0 amide bonds. The van der Waals surface area contributed by atoms with Gasteiger partial charge in [0.25, 0.3) is 0 Å². The Bertz CT molecular complexity index is 1310. The molecule has 4 nitrogen and oxygen atoms in total. The van der Waals surface area contributed by atoms with E-state index in [1.165, 1.54) is 21.8 Å². The van der Waals surface area contributed by atoms with Crippen molar-refractivity contribution in [1.29, 1.82) is 0 Å². The maximum atomic E-state index is 4.54. The van der Waals surface area contributed by atoms with E-state index in [1.807, 2.05) is 7.05 Å². The molecule has 0 aliphatic carbocycles. The van der Waals surface area contributed by atoms with Crippen LogP contribution in [0.1, 0.15) is 5.56 Å². The lowest BCUT2D eigenvalue weighted by Gasteiger charge is -2.12. The van der Waals surface area contributed by atoms with E-state index < -0.39 is 0 Å². The van der Waals surface area contributed by atoms with E-state index in [2.05, 4.69) is 99.2 Å². The minimum absolute atomic E-state index is 0.771. The van der Waals surface area contributed by atoms with Gasteiger partial charge in [-0.1, -0.05) is 61.2 Å². The number of hydrogen-bond acceptors (Lipinski definition) is 3. The van der Waals surface area contributed by atoms with Crippen molar-refractivity contribution in [3.63, 3.8) is 0 Å². The molecular formula is C25H20N4. The molecule has 1 N–H and O–H groups in total. The van der Waals surface area contributed by atoms with E-state index in [1.54, 1.807) is 12.4 Å². The Labute approximate surface area is 169 Å². The predicted molar refractivity (Wildman–Crippen MR) is 121 cm³/mol. The molecule has 5 aromatic rings. The molecule has 0 unspecified atom stereocenters. The molecular weight excluding hydrogens is 356 g/mol. The molecule has 29 heavy (non-hydrogen) atoms. The average molecular weight is 376 g/mol. The molecule has 3 aromatic carbocycles. The van der Waals surface area contributed by atoms with Gasteiger partial charge in [-0.05, 0) is 24.3 Å². The molecule has 0 saturated heterocycles. The van der Waals surface area contributed by atoms with Crippen molar-refractivity contribution in [2.24, 2.45) is 0 Å². The standard InChI is InChI=1S/C25H20N4/c1-3-19-24(27-16-28-25(19)26-2)17-9-8-10-18(15-17)29-22-13-6-4-11-20(22)21-12-5-7-14-23(21)29/h3-16H,1H2,2H3,(H,26,27,28). The number of nitrogens with zero attached hydrogens (tertiary/aromatic N) is 3. The lowest BCUT2D eigenvalue weighted by Crippen LogP contribution is -2.00. The number of aromatic nitrogens is 3. The Balaban J connectivity index is 1.78. The first-order valence-corrected chi connectivity index (χ1v) is 9.56. The van der Waals surface area contributed by atoms with E-state index in [4.69, 9.17) is 0 Å². The number of anilines is 1. The molecule has 0 aliphatic rings. The van der Waals surface area contributed by atoms with Crippen molar-refractivity contribution in [3.05, 3.63) is 91.3 Å². The number of benzene rings is 3. The zero-order chi connectivity index (χ0) is 19.8. The van der Waals surface area contributed by atoms with Crippen molar-refractivity contribution >= 4 is 33.7 Å². The van der Waals surface area contributed by atoms with Gasteiger partial charge < -0.3 is 9.88 Å². The van der Waals surface area contributed by atoms with Gasteiger partial charge in [0.05, 0.1) is 16.7 Å². The number of para-hydroxylation sites is 2. The second-order valence-corrected chi connectivity index (χ2v) is 6.86. The van der Waals surface area contributed by atoms with Gasteiger partial charge >= 0.3 is 0 Å². The van der Waals surface area contributed by atoms with E-state index in [9.17, 15) is 0 Å². The van der Waals surface area contributed by atoms with Crippen molar-refractivity contribution in [1.82, 2.24) is 14.5 Å². The highest BCUT2D eigenvalue weighted by atomic mass is 15.0. The van der Waals surface area contributed by atoms with Crippen LogP contribution in [0.15, 0.2) is 85.7 Å². The van der Waals surface area contributed by atoms with Gasteiger partial charge in [-0.15, -0.1) is 0 Å². The summed E-state index contributed by atoms with van der Waals surface area (Å²) in [4.78, 5) is 8.85. The van der Waals surface area contributed by atoms with Crippen LogP contribution >= 0.6 is 0 Å². The summed E-state index contributed by atoms with van der Waals surface area (Å²) in [5, 5.41) is 5.62. The van der Waals surface area contributed by atoms with Crippen molar-refractivity contribution in [2.45, 2.75) is 0 Å². The molecule has 0 atom stereocenters. The molecule has 0 radical (unpaired) electrons. The van der Waals surface area contributed by atoms with Gasteiger partial charge in [0.2, 0.25) is 0 Å². The zero-order valence-electron chi connectivity index (χ0n) is 16.1. The number of nitrogens with one attached hydrogen (secondary N) is 1. The summed E-state index contributed by atoms with van der Waals surface area (Å²) in [6.45, 7) is 3.95. The van der Waals surface area contributed by atoms with Gasteiger partial charge in [-0.25, -0.2) is 9.97 Å². The highest BCUT2D eigenvalue weighted by Gasteiger charge is 2.14. The van der Waals surface area contributed by atoms with Crippen molar-refractivity contribution < 1.29 is 0 Å². The minimum atomic E-state index is 0.771. The van der Waals surface area contributed by atoms with Crippen LogP contribution in [0.4, 0.5) is 5.82 Å². The third-order valence-corrected chi connectivity index (χ3v) is 5.28. The molecule has 0 fully saturated rings. The lowest BCUT2D eigenvalue weighted by atomic mass is 10.1. The Kier molecular flexibility index (Phi) is 4.10. The summed E-state index contributed by atoms with van der Waals surface area (Å²) in [7, 11) is 1.85. The topological polar surface area (TPSA) is 42.7 Å². The Morgan fingerprint density at radius 2 is 1.55 bits per heavy atom. The van der Waals surface area contributed by atoms with Gasteiger partial charge in [0.1, 0.15) is 12.1 Å². The van der Waals surface area contributed by atoms with E-state index >= 15 is 0 Å². The van der Waals surface area contributed by atoms with Gasteiger partial charge in [-0.3, -0.25) is 0 Å². The molecule has 4 heteroatoms. The molecule has 0 spiro atoms. The summed E-state index contributed by atoms with van der Waals surface area (Å²) >= 11 is 0. The van der Waals surface area contributed by atoms with Gasteiger partial charge in [-0.2, -0.15) is 0 Å². The van der Waals surface area contributed by atoms with Crippen molar-refractivity contribution in [2.75, 3.05) is 12.4 Å². The maximum absolute atomic E-state index is 4.54. The van der Waals surface area contributed by atoms with E-state index in [0.29, 0.717) is 0 Å². The minimum Gasteiger partial charge on any atom is -0.373 e. The van der Waals surface area contributed by atoms with Gasteiger partial charge in [0, 0.05) is 34.6 Å². The van der Waals surface area contributed by atoms with E-state index in [0.717, 1.165) is 28.3 Å². The first-order valence-electron chi connectivity index (χ1n) is 9.56. The summed E-state index contributed by atoms with van der Waals surface area (Å²) in [6, 6.07) is 25.5. The highest BCUT2D eigenvalue weighted by molar-refractivity contribution is 6.09. The second kappa shape index (κ2) is 6.91. The average Bonchev–Trinajstić information content (AvgIpc) is 3.13.